The normalized spacial score (nSPS) is 21.5. The number of benzene rings is 2. The molecule has 2 N–H and O–H groups in total. The van der Waals surface area contributed by atoms with Crippen LogP contribution in [0.25, 0.3) is 5.76 Å². The van der Waals surface area contributed by atoms with Crippen LogP contribution in [0.2, 0.25) is 0 Å². The molecule has 0 saturated heterocycles. The molecule has 172 valence electrons. The minimum Gasteiger partial charge on any atom is -0.507 e. The Labute approximate surface area is 204 Å². The maximum atomic E-state index is 13.7. The zero-order valence-corrected chi connectivity index (χ0v) is 20.4. The van der Waals surface area contributed by atoms with Crippen molar-refractivity contribution in [2.75, 3.05) is 4.90 Å². The summed E-state index contributed by atoms with van der Waals surface area (Å²) in [4.78, 5) is 16.6. The largest absolute Gasteiger partial charge is 0.507 e. The number of thiophene rings is 1. The number of aliphatic hydroxyl groups is 1. The highest BCUT2D eigenvalue weighted by molar-refractivity contribution is 7.10. The molecule has 4 nitrogen and oxygen atoms in total. The third kappa shape index (κ3) is 3.80. The monoisotopic (exact) mass is 468 g/mol. The Kier molecular flexibility index (Phi) is 5.53. The van der Waals surface area contributed by atoms with Crippen molar-refractivity contribution in [3.05, 3.63) is 105 Å². The van der Waals surface area contributed by atoms with E-state index in [4.69, 9.17) is 0 Å². The number of rotatable bonds is 3. The number of aryl methyl sites for hydroxylation is 1. The van der Waals surface area contributed by atoms with Crippen molar-refractivity contribution in [1.82, 2.24) is 0 Å². The molecule has 5 heteroatoms. The van der Waals surface area contributed by atoms with E-state index in [-0.39, 0.29) is 22.8 Å². The minimum atomic E-state index is -0.465. The van der Waals surface area contributed by atoms with E-state index >= 15 is 0 Å². The van der Waals surface area contributed by atoms with E-state index in [2.05, 4.69) is 13.8 Å². The lowest BCUT2D eigenvalue weighted by molar-refractivity contribution is -0.118. The summed E-state index contributed by atoms with van der Waals surface area (Å²) in [7, 11) is 0. The lowest BCUT2D eigenvalue weighted by Gasteiger charge is -2.45. The Balaban J connectivity index is 1.83. The van der Waals surface area contributed by atoms with Crippen LogP contribution in [0.15, 0.2) is 89.0 Å². The number of carbonyl (C=O) groups is 1. The van der Waals surface area contributed by atoms with Crippen LogP contribution in [-0.4, -0.2) is 16.7 Å². The minimum absolute atomic E-state index is 0.0496. The molecule has 0 bridgehead atoms. The van der Waals surface area contributed by atoms with Crippen LogP contribution in [0, 0.1) is 17.7 Å². The standard InChI is InChI=1S/C29H28N2O2S/c1-18-11-13-19(14-12-18)27(33)26-25(23-10-7-15-34-23)24-21(16-29(2,3)17-22(24)32)31(28(26)30)20-8-5-4-6-9-20/h4-15,25,30,33H,16-17H2,1-3H3/b27-26+,30-28?. The number of nitrogens with one attached hydrogen (secondary N) is 1. The molecule has 0 spiro atoms. The van der Waals surface area contributed by atoms with Crippen LogP contribution in [0.5, 0.6) is 0 Å². The fourth-order valence-corrected chi connectivity index (χ4v) is 5.93. The van der Waals surface area contributed by atoms with Crippen LogP contribution >= 0.6 is 11.3 Å². The number of carbonyl (C=O) groups excluding carboxylic acids is 1. The Morgan fingerprint density at radius 2 is 1.74 bits per heavy atom. The van der Waals surface area contributed by atoms with Crippen LogP contribution in [0.4, 0.5) is 5.69 Å². The van der Waals surface area contributed by atoms with E-state index in [0.29, 0.717) is 29.6 Å². The maximum absolute atomic E-state index is 13.7. The van der Waals surface area contributed by atoms with Gasteiger partial charge in [0, 0.05) is 33.8 Å². The number of allylic oxidation sites excluding steroid dienone is 2. The summed E-state index contributed by atoms with van der Waals surface area (Å²) in [6, 6.07) is 21.3. The molecule has 1 aliphatic carbocycles. The van der Waals surface area contributed by atoms with Crippen LogP contribution < -0.4 is 4.90 Å². The summed E-state index contributed by atoms with van der Waals surface area (Å²) in [5.41, 5.74) is 4.41. The molecule has 2 aliphatic rings. The lowest BCUT2D eigenvalue weighted by Crippen LogP contribution is -2.45. The summed E-state index contributed by atoms with van der Waals surface area (Å²) < 4.78 is 0. The van der Waals surface area contributed by atoms with Crippen LogP contribution in [-0.2, 0) is 4.79 Å². The number of ketones is 1. The third-order valence-corrected chi connectivity index (χ3v) is 7.58. The smallest absolute Gasteiger partial charge is 0.162 e. The highest BCUT2D eigenvalue weighted by Gasteiger charge is 2.47. The summed E-state index contributed by atoms with van der Waals surface area (Å²) in [6.45, 7) is 6.22. The second-order valence-electron chi connectivity index (χ2n) is 9.90. The van der Waals surface area contributed by atoms with Gasteiger partial charge in [-0.15, -0.1) is 11.3 Å². The molecule has 34 heavy (non-hydrogen) atoms. The SMILES string of the molecule is Cc1ccc(/C(O)=C2\C(=N)N(c3ccccc3)C3=C(C(=O)CC(C)(C)C3)C2c2cccs2)cc1. The Morgan fingerprint density at radius 3 is 2.38 bits per heavy atom. The highest BCUT2D eigenvalue weighted by Crippen LogP contribution is 2.51. The zero-order chi connectivity index (χ0) is 24.0. The van der Waals surface area contributed by atoms with Gasteiger partial charge >= 0.3 is 0 Å². The van der Waals surface area contributed by atoms with E-state index in [1.807, 2.05) is 83.9 Å². The van der Waals surface area contributed by atoms with Crippen molar-refractivity contribution < 1.29 is 9.90 Å². The predicted molar refractivity (Wildman–Crippen MR) is 139 cm³/mol. The van der Waals surface area contributed by atoms with Crippen molar-refractivity contribution in [2.24, 2.45) is 5.41 Å². The van der Waals surface area contributed by atoms with Crippen molar-refractivity contribution in [3.63, 3.8) is 0 Å². The second kappa shape index (κ2) is 8.41. The molecule has 0 fully saturated rings. The molecule has 1 unspecified atom stereocenters. The molecule has 2 aromatic carbocycles. The number of hydrogen-bond acceptors (Lipinski definition) is 4. The first-order chi connectivity index (χ1) is 16.3. The maximum Gasteiger partial charge on any atom is 0.162 e. The van der Waals surface area contributed by atoms with Crippen LogP contribution in [0.3, 0.4) is 0 Å². The van der Waals surface area contributed by atoms with E-state index in [0.717, 1.165) is 21.8 Å². The van der Waals surface area contributed by atoms with Gasteiger partial charge in [0.25, 0.3) is 0 Å². The van der Waals surface area contributed by atoms with Gasteiger partial charge in [0.2, 0.25) is 0 Å². The second-order valence-corrected chi connectivity index (χ2v) is 10.9. The molecule has 1 aliphatic heterocycles. The fourth-order valence-electron chi connectivity index (χ4n) is 5.08. The molecular formula is C29H28N2O2S. The number of hydrogen-bond donors (Lipinski definition) is 2. The quantitative estimate of drug-likeness (QED) is 0.398. The van der Waals surface area contributed by atoms with Gasteiger partial charge in [0.1, 0.15) is 11.6 Å². The first kappa shape index (κ1) is 22.4. The Hall–Kier alpha value is -3.44. The predicted octanol–water partition coefficient (Wildman–Crippen LogP) is 7.25. The molecule has 1 atom stereocenters. The van der Waals surface area contributed by atoms with Gasteiger partial charge in [-0.05, 0) is 42.3 Å². The van der Waals surface area contributed by atoms with Gasteiger partial charge < -0.3 is 5.11 Å². The molecule has 5 rings (SSSR count). The van der Waals surface area contributed by atoms with Gasteiger partial charge in [0.05, 0.1) is 11.5 Å². The first-order valence-corrected chi connectivity index (χ1v) is 12.4. The number of Topliss-reactive ketones (excluding diaryl/α,β-unsaturated/α-hetero) is 1. The average molecular weight is 469 g/mol. The van der Waals surface area contributed by atoms with Gasteiger partial charge in [-0.3, -0.25) is 15.1 Å². The van der Waals surface area contributed by atoms with Gasteiger partial charge in [0.15, 0.2) is 5.78 Å². The summed E-state index contributed by atoms with van der Waals surface area (Å²) in [6.07, 6.45) is 1.13. The number of para-hydroxylation sites is 1. The summed E-state index contributed by atoms with van der Waals surface area (Å²) in [5.74, 6) is -0.111. The van der Waals surface area contributed by atoms with Gasteiger partial charge in [-0.1, -0.05) is 67.9 Å². The Bertz CT molecular complexity index is 1320. The van der Waals surface area contributed by atoms with Crippen molar-refractivity contribution >= 4 is 34.4 Å². The summed E-state index contributed by atoms with van der Waals surface area (Å²) >= 11 is 1.56. The third-order valence-electron chi connectivity index (χ3n) is 6.64. The molecular weight excluding hydrogens is 440 g/mol. The average Bonchev–Trinajstić information content (AvgIpc) is 3.33. The van der Waals surface area contributed by atoms with E-state index in [9.17, 15) is 15.3 Å². The van der Waals surface area contributed by atoms with Gasteiger partial charge in [-0.25, -0.2) is 0 Å². The van der Waals surface area contributed by atoms with Crippen molar-refractivity contribution in [2.45, 2.75) is 39.5 Å². The van der Waals surface area contributed by atoms with E-state index in [1.165, 1.54) is 0 Å². The Morgan fingerprint density at radius 1 is 1.03 bits per heavy atom. The van der Waals surface area contributed by atoms with Gasteiger partial charge in [-0.2, -0.15) is 0 Å². The van der Waals surface area contributed by atoms with E-state index < -0.39 is 5.92 Å². The van der Waals surface area contributed by atoms with Crippen LogP contribution in [0.1, 0.15) is 48.6 Å². The topological polar surface area (TPSA) is 64.4 Å². The number of aliphatic hydroxyl groups excluding tert-OH is 1. The first-order valence-electron chi connectivity index (χ1n) is 11.5. The molecule has 0 radical (unpaired) electrons. The molecule has 3 aromatic rings. The van der Waals surface area contributed by atoms with Crippen molar-refractivity contribution in [1.29, 1.82) is 5.41 Å². The highest BCUT2D eigenvalue weighted by atomic mass is 32.1. The summed E-state index contributed by atoms with van der Waals surface area (Å²) in [5, 5.41) is 23.0. The van der Waals surface area contributed by atoms with Crippen molar-refractivity contribution in [3.8, 4) is 0 Å². The molecule has 2 heterocycles. The molecule has 1 aromatic heterocycles. The number of amidine groups is 1. The lowest BCUT2D eigenvalue weighted by atomic mass is 9.68. The number of nitrogens with zero attached hydrogens (tertiary/aromatic N) is 1. The molecule has 0 amide bonds. The zero-order valence-electron chi connectivity index (χ0n) is 19.6. The fraction of sp³-hybridized carbons (Fsp3) is 0.241. The molecule has 0 saturated carbocycles. The number of anilines is 1. The van der Waals surface area contributed by atoms with E-state index in [1.54, 1.807) is 11.3 Å².